The summed E-state index contributed by atoms with van der Waals surface area (Å²) < 4.78 is 7.54. The van der Waals surface area contributed by atoms with Gasteiger partial charge in [0.25, 0.3) is 5.91 Å². The van der Waals surface area contributed by atoms with Crippen molar-refractivity contribution in [1.29, 1.82) is 0 Å². The summed E-state index contributed by atoms with van der Waals surface area (Å²) in [6.45, 7) is 6.02. The molecule has 2 unspecified atom stereocenters. The van der Waals surface area contributed by atoms with Crippen molar-refractivity contribution in [3.05, 3.63) is 53.9 Å². The lowest BCUT2D eigenvalue weighted by Gasteiger charge is -2.35. The van der Waals surface area contributed by atoms with E-state index in [0.717, 1.165) is 11.1 Å². The highest BCUT2D eigenvalue weighted by atomic mass is 16.5. The van der Waals surface area contributed by atoms with E-state index in [4.69, 9.17) is 4.74 Å². The molecule has 0 bridgehead atoms. The molecule has 22 heavy (non-hydrogen) atoms. The van der Waals surface area contributed by atoms with Crippen LogP contribution < -0.4 is 0 Å². The summed E-state index contributed by atoms with van der Waals surface area (Å²) in [5.41, 5.74) is 1.86. The van der Waals surface area contributed by atoms with Gasteiger partial charge < -0.3 is 9.64 Å². The highest BCUT2D eigenvalue weighted by molar-refractivity contribution is 5.94. The van der Waals surface area contributed by atoms with Crippen LogP contribution in [0.1, 0.15) is 29.8 Å². The quantitative estimate of drug-likeness (QED) is 0.873. The van der Waals surface area contributed by atoms with Crippen LogP contribution in [0.25, 0.3) is 0 Å². The number of amides is 1. The first kappa shape index (κ1) is 14.8. The maximum absolute atomic E-state index is 12.6. The molecule has 1 aromatic heterocycles. The van der Waals surface area contributed by atoms with Crippen molar-refractivity contribution in [3.63, 3.8) is 0 Å². The summed E-state index contributed by atoms with van der Waals surface area (Å²) in [6.07, 6.45) is 3.87. The average molecular weight is 299 g/mol. The van der Waals surface area contributed by atoms with Crippen LogP contribution in [-0.4, -0.2) is 45.9 Å². The smallest absolute Gasteiger partial charge is 0.254 e. The minimum absolute atomic E-state index is 0.0765. The Morgan fingerprint density at radius 1 is 1.23 bits per heavy atom. The largest absolute Gasteiger partial charge is 0.372 e. The molecule has 5 nitrogen and oxygen atoms in total. The fourth-order valence-electron chi connectivity index (χ4n) is 2.86. The standard InChI is InChI=1S/C17H21N3O2/c1-13-10-19(11-14(2)22-13)17(21)16-6-4-15(5-7-16)12-20-9-3-8-18-20/h3-9,13-14H,10-12H2,1-2H3. The summed E-state index contributed by atoms with van der Waals surface area (Å²) in [5.74, 6) is 0.0765. The number of nitrogens with zero attached hydrogens (tertiary/aromatic N) is 3. The van der Waals surface area contributed by atoms with Crippen LogP contribution in [0.15, 0.2) is 42.7 Å². The minimum Gasteiger partial charge on any atom is -0.372 e. The van der Waals surface area contributed by atoms with Crippen LogP contribution in [0.4, 0.5) is 0 Å². The van der Waals surface area contributed by atoms with E-state index in [0.29, 0.717) is 19.6 Å². The molecule has 1 amide bonds. The SMILES string of the molecule is CC1CN(C(=O)c2ccc(Cn3cccn3)cc2)CC(C)O1. The number of carbonyl (C=O) groups is 1. The van der Waals surface area contributed by atoms with E-state index in [9.17, 15) is 4.79 Å². The lowest BCUT2D eigenvalue weighted by Crippen LogP contribution is -2.48. The van der Waals surface area contributed by atoms with Crippen LogP contribution in [0.3, 0.4) is 0 Å². The second kappa shape index (κ2) is 6.32. The predicted octanol–water partition coefficient (Wildman–Crippen LogP) is 2.18. The highest BCUT2D eigenvalue weighted by Crippen LogP contribution is 2.15. The van der Waals surface area contributed by atoms with Gasteiger partial charge in [0, 0.05) is 31.0 Å². The first-order valence-corrected chi connectivity index (χ1v) is 7.63. The molecule has 1 aliphatic rings. The maximum atomic E-state index is 12.6. The van der Waals surface area contributed by atoms with E-state index in [2.05, 4.69) is 5.10 Å². The Labute approximate surface area is 130 Å². The van der Waals surface area contributed by atoms with Crippen LogP contribution in [0.2, 0.25) is 0 Å². The van der Waals surface area contributed by atoms with Crippen LogP contribution in [-0.2, 0) is 11.3 Å². The summed E-state index contributed by atoms with van der Waals surface area (Å²) >= 11 is 0. The molecule has 1 fully saturated rings. The molecule has 0 N–H and O–H groups in total. The third kappa shape index (κ3) is 3.36. The zero-order valence-electron chi connectivity index (χ0n) is 13.0. The molecule has 3 rings (SSSR count). The Kier molecular flexibility index (Phi) is 4.24. The fraction of sp³-hybridized carbons (Fsp3) is 0.412. The van der Waals surface area contributed by atoms with Crippen molar-refractivity contribution >= 4 is 5.91 Å². The number of morpholine rings is 1. The van der Waals surface area contributed by atoms with Gasteiger partial charge in [-0.1, -0.05) is 12.1 Å². The highest BCUT2D eigenvalue weighted by Gasteiger charge is 2.26. The van der Waals surface area contributed by atoms with Gasteiger partial charge in [-0.25, -0.2) is 0 Å². The molecule has 2 atom stereocenters. The first-order chi connectivity index (χ1) is 10.6. The van der Waals surface area contributed by atoms with E-state index < -0.39 is 0 Å². The molecule has 116 valence electrons. The molecule has 0 saturated carbocycles. The normalized spacial score (nSPS) is 21.8. The first-order valence-electron chi connectivity index (χ1n) is 7.63. The number of rotatable bonds is 3. The average Bonchev–Trinajstić information content (AvgIpc) is 2.99. The maximum Gasteiger partial charge on any atom is 0.254 e. The Morgan fingerprint density at radius 3 is 2.50 bits per heavy atom. The number of ether oxygens (including phenoxy) is 1. The molecular formula is C17H21N3O2. The van der Waals surface area contributed by atoms with Gasteiger partial charge in [0.05, 0.1) is 18.8 Å². The van der Waals surface area contributed by atoms with Crippen molar-refractivity contribution in [2.24, 2.45) is 0 Å². The van der Waals surface area contributed by atoms with Crippen LogP contribution in [0, 0.1) is 0 Å². The summed E-state index contributed by atoms with van der Waals surface area (Å²) in [6, 6.07) is 9.67. The number of benzene rings is 1. The second-order valence-corrected chi connectivity index (χ2v) is 5.87. The van der Waals surface area contributed by atoms with Crippen LogP contribution in [0.5, 0.6) is 0 Å². The molecule has 1 aromatic carbocycles. The van der Waals surface area contributed by atoms with Crippen LogP contribution >= 0.6 is 0 Å². The van der Waals surface area contributed by atoms with Crippen molar-refractivity contribution in [3.8, 4) is 0 Å². The Morgan fingerprint density at radius 2 is 1.91 bits per heavy atom. The number of hydrogen-bond acceptors (Lipinski definition) is 3. The molecular weight excluding hydrogens is 278 g/mol. The predicted molar refractivity (Wildman–Crippen MR) is 83.7 cm³/mol. The van der Waals surface area contributed by atoms with E-state index in [1.165, 1.54) is 0 Å². The van der Waals surface area contributed by atoms with Crippen molar-refractivity contribution in [2.75, 3.05) is 13.1 Å². The zero-order chi connectivity index (χ0) is 15.5. The number of carbonyl (C=O) groups excluding carboxylic acids is 1. The van der Waals surface area contributed by atoms with Gasteiger partial charge in [0.2, 0.25) is 0 Å². The minimum atomic E-state index is 0.0765. The van der Waals surface area contributed by atoms with E-state index in [-0.39, 0.29) is 18.1 Å². The summed E-state index contributed by atoms with van der Waals surface area (Å²) in [5, 5.41) is 4.19. The van der Waals surface area contributed by atoms with Gasteiger partial charge in [-0.15, -0.1) is 0 Å². The third-order valence-corrected chi connectivity index (χ3v) is 3.81. The van der Waals surface area contributed by atoms with E-state index in [1.807, 2.05) is 60.0 Å². The van der Waals surface area contributed by atoms with E-state index >= 15 is 0 Å². The third-order valence-electron chi connectivity index (χ3n) is 3.81. The molecule has 1 saturated heterocycles. The molecule has 2 heterocycles. The molecule has 0 aliphatic carbocycles. The van der Waals surface area contributed by atoms with Gasteiger partial charge in [-0.05, 0) is 37.6 Å². The van der Waals surface area contributed by atoms with Gasteiger partial charge in [-0.3, -0.25) is 9.48 Å². The molecule has 1 aliphatic heterocycles. The Hall–Kier alpha value is -2.14. The van der Waals surface area contributed by atoms with Gasteiger partial charge in [-0.2, -0.15) is 5.10 Å². The van der Waals surface area contributed by atoms with Crippen molar-refractivity contribution in [2.45, 2.75) is 32.6 Å². The topological polar surface area (TPSA) is 47.4 Å². The monoisotopic (exact) mass is 299 g/mol. The molecule has 0 spiro atoms. The van der Waals surface area contributed by atoms with Crippen molar-refractivity contribution < 1.29 is 9.53 Å². The Balaban J connectivity index is 1.68. The van der Waals surface area contributed by atoms with Gasteiger partial charge in [0.15, 0.2) is 0 Å². The van der Waals surface area contributed by atoms with Gasteiger partial charge in [0.1, 0.15) is 0 Å². The fourth-order valence-corrected chi connectivity index (χ4v) is 2.86. The Bertz CT molecular complexity index is 612. The molecule has 0 radical (unpaired) electrons. The molecule has 2 aromatic rings. The summed E-state index contributed by atoms with van der Waals surface area (Å²) in [7, 11) is 0. The number of hydrogen-bond donors (Lipinski definition) is 0. The number of aromatic nitrogens is 2. The molecule has 5 heteroatoms. The summed E-state index contributed by atoms with van der Waals surface area (Å²) in [4.78, 5) is 14.4. The lowest BCUT2D eigenvalue weighted by molar-refractivity contribution is -0.0586. The lowest BCUT2D eigenvalue weighted by atomic mass is 10.1. The van der Waals surface area contributed by atoms with Crippen molar-refractivity contribution in [1.82, 2.24) is 14.7 Å². The van der Waals surface area contributed by atoms with Gasteiger partial charge >= 0.3 is 0 Å². The van der Waals surface area contributed by atoms with E-state index in [1.54, 1.807) is 6.20 Å². The second-order valence-electron chi connectivity index (χ2n) is 5.87. The zero-order valence-corrected chi connectivity index (χ0v) is 13.0.